The Morgan fingerprint density at radius 2 is 2.20 bits per heavy atom. The van der Waals surface area contributed by atoms with E-state index in [2.05, 4.69) is 20.6 Å². The molecule has 7 heteroatoms. The Bertz CT molecular complexity index is 594. The van der Waals surface area contributed by atoms with Crippen LogP contribution in [0.25, 0.3) is 5.65 Å². The topological polar surface area (TPSA) is 74.6 Å². The molecule has 2 heterocycles. The number of hydrogen-bond acceptors (Lipinski definition) is 5. The number of carbonyl (C=O) groups is 1. The number of fused-ring (bicyclic) bond motifs is 1. The van der Waals surface area contributed by atoms with Gasteiger partial charge in [0.05, 0.1) is 12.7 Å². The predicted molar refractivity (Wildman–Crippen MR) is 79.1 cm³/mol. The van der Waals surface area contributed by atoms with Crippen LogP contribution in [0.2, 0.25) is 0 Å². The Morgan fingerprint density at radius 1 is 1.40 bits per heavy atom. The number of hydrogen-bond donors (Lipinski definition) is 2. The maximum atomic E-state index is 11.7. The first-order valence-electron chi connectivity index (χ1n) is 6.71. The largest absolute Gasteiger partial charge is 0.369 e. The Hall–Kier alpha value is -2.31. The van der Waals surface area contributed by atoms with Crippen LogP contribution in [0, 0.1) is 0 Å². The van der Waals surface area contributed by atoms with Crippen LogP contribution in [0.1, 0.15) is 13.8 Å². The quantitative estimate of drug-likeness (QED) is 0.813. The molecule has 2 N–H and O–H groups in total. The summed E-state index contributed by atoms with van der Waals surface area (Å²) in [4.78, 5) is 22.3. The van der Waals surface area contributed by atoms with Crippen molar-refractivity contribution in [1.29, 1.82) is 0 Å². The fourth-order valence-corrected chi connectivity index (χ4v) is 1.98. The molecule has 0 radical (unpaired) electrons. The van der Waals surface area contributed by atoms with Gasteiger partial charge in [0.1, 0.15) is 5.82 Å². The first kappa shape index (κ1) is 14.1. The summed E-state index contributed by atoms with van der Waals surface area (Å²) >= 11 is 0. The number of carbonyl (C=O) groups excluding carboxylic acids is 1. The number of anilines is 2. The first-order chi connectivity index (χ1) is 9.65. The Morgan fingerprint density at radius 3 is 2.90 bits per heavy atom. The highest BCUT2D eigenvalue weighted by Gasteiger charge is 2.14. The lowest BCUT2D eigenvalue weighted by Crippen LogP contribution is -2.35. The zero-order chi connectivity index (χ0) is 14.5. The van der Waals surface area contributed by atoms with Crippen molar-refractivity contribution in [2.75, 3.05) is 36.9 Å². The molecule has 0 unspecified atom stereocenters. The molecule has 0 aliphatic carbocycles. The van der Waals surface area contributed by atoms with Gasteiger partial charge in [-0.05, 0) is 13.8 Å². The van der Waals surface area contributed by atoms with Crippen molar-refractivity contribution in [3.8, 4) is 0 Å². The maximum Gasteiger partial charge on any atom is 0.239 e. The van der Waals surface area contributed by atoms with Gasteiger partial charge in [-0.2, -0.15) is 0 Å². The van der Waals surface area contributed by atoms with Crippen molar-refractivity contribution < 1.29 is 4.79 Å². The van der Waals surface area contributed by atoms with E-state index in [-0.39, 0.29) is 12.5 Å². The van der Waals surface area contributed by atoms with Gasteiger partial charge in [0.2, 0.25) is 5.91 Å². The van der Waals surface area contributed by atoms with Crippen LogP contribution < -0.4 is 15.5 Å². The molecule has 2 aromatic rings. The molecule has 0 aliphatic rings. The van der Waals surface area contributed by atoms with Crippen LogP contribution in [0.5, 0.6) is 0 Å². The van der Waals surface area contributed by atoms with E-state index in [1.807, 2.05) is 37.7 Å². The molecule has 0 aromatic carbocycles. The third-order valence-electron chi connectivity index (χ3n) is 2.83. The molecule has 108 valence electrons. The minimum Gasteiger partial charge on any atom is -0.369 e. The highest BCUT2D eigenvalue weighted by molar-refractivity contribution is 5.82. The summed E-state index contributed by atoms with van der Waals surface area (Å²) in [6.07, 6.45) is 5.47. The second kappa shape index (κ2) is 6.23. The van der Waals surface area contributed by atoms with E-state index < -0.39 is 0 Å². The van der Waals surface area contributed by atoms with Crippen LogP contribution in [0.4, 0.5) is 11.6 Å². The summed E-state index contributed by atoms with van der Waals surface area (Å²) < 4.78 is 1.90. The smallest absolute Gasteiger partial charge is 0.239 e. The van der Waals surface area contributed by atoms with Crippen molar-refractivity contribution in [2.45, 2.75) is 13.8 Å². The number of aromatic nitrogens is 3. The van der Waals surface area contributed by atoms with Gasteiger partial charge in [-0.3, -0.25) is 4.79 Å². The zero-order valence-corrected chi connectivity index (χ0v) is 12.1. The third-order valence-corrected chi connectivity index (χ3v) is 2.83. The molecule has 20 heavy (non-hydrogen) atoms. The predicted octanol–water partition coefficient (Wildman–Crippen LogP) is 0.733. The molecule has 0 aliphatic heterocycles. The molecule has 0 fully saturated rings. The second-order valence-corrected chi connectivity index (χ2v) is 4.45. The molecule has 2 rings (SSSR count). The minimum atomic E-state index is -0.0321. The maximum absolute atomic E-state index is 11.7. The van der Waals surface area contributed by atoms with Gasteiger partial charge >= 0.3 is 0 Å². The molecule has 0 atom stereocenters. The van der Waals surface area contributed by atoms with E-state index in [0.717, 1.165) is 18.0 Å². The molecule has 2 aromatic heterocycles. The molecule has 0 saturated carbocycles. The Balaban J connectivity index is 2.30. The summed E-state index contributed by atoms with van der Waals surface area (Å²) in [5.41, 5.74) is 0.735. The lowest BCUT2D eigenvalue weighted by Gasteiger charge is -2.19. The average Bonchev–Trinajstić information content (AvgIpc) is 2.86. The van der Waals surface area contributed by atoms with Crippen molar-refractivity contribution >= 4 is 23.2 Å². The van der Waals surface area contributed by atoms with Crippen molar-refractivity contribution in [2.24, 2.45) is 0 Å². The Labute approximate surface area is 118 Å². The minimum absolute atomic E-state index is 0.0321. The third kappa shape index (κ3) is 2.98. The van der Waals surface area contributed by atoms with Gasteiger partial charge in [0, 0.05) is 32.5 Å². The molecule has 0 saturated heterocycles. The average molecular weight is 276 g/mol. The summed E-state index contributed by atoms with van der Waals surface area (Å²) in [5.74, 6) is 1.41. The molecule has 0 spiro atoms. The number of imidazole rings is 1. The summed E-state index contributed by atoms with van der Waals surface area (Å²) in [5, 5.41) is 5.95. The van der Waals surface area contributed by atoms with Crippen LogP contribution in [0.3, 0.4) is 0 Å². The van der Waals surface area contributed by atoms with Crippen LogP contribution in [-0.2, 0) is 4.79 Å². The van der Waals surface area contributed by atoms with Crippen molar-refractivity contribution in [3.63, 3.8) is 0 Å². The van der Waals surface area contributed by atoms with Crippen LogP contribution in [0.15, 0.2) is 18.6 Å². The normalized spacial score (nSPS) is 10.6. The highest BCUT2D eigenvalue weighted by atomic mass is 16.2. The van der Waals surface area contributed by atoms with E-state index in [1.165, 1.54) is 0 Å². The van der Waals surface area contributed by atoms with Crippen molar-refractivity contribution in [1.82, 2.24) is 19.7 Å². The Kier molecular flexibility index (Phi) is 4.39. The van der Waals surface area contributed by atoms with Gasteiger partial charge in [-0.15, -0.1) is 0 Å². The van der Waals surface area contributed by atoms with E-state index in [4.69, 9.17) is 0 Å². The lowest BCUT2D eigenvalue weighted by atomic mass is 10.4. The van der Waals surface area contributed by atoms with Gasteiger partial charge in [0.15, 0.2) is 11.5 Å². The van der Waals surface area contributed by atoms with Crippen LogP contribution in [-0.4, -0.2) is 47.0 Å². The molecular weight excluding hydrogens is 256 g/mol. The van der Waals surface area contributed by atoms with Crippen LogP contribution >= 0.6 is 0 Å². The van der Waals surface area contributed by atoms with Crippen molar-refractivity contribution in [3.05, 3.63) is 18.6 Å². The SMILES string of the molecule is CCNC(=O)CN(C)c1nc(NCC)cn2ccnc12. The van der Waals surface area contributed by atoms with Gasteiger partial charge in [-0.25, -0.2) is 9.97 Å². The van der Waals surface area contributed by atoms with E-state index in [0.29, 0.717) is 12.4 Å². The lowest BCUT2D eigenvalue weighted by molar-refractivity contribution is -0.119. The zero-order valence-electron chi connectivity index (χ0n) is 12.1. The van der Waals surface area contributed by atoms with E-state index >= 15 is 0 Å². The number of likely N-dealkylation sites (N-methyl/N-ethyl adjacent to an activating group) is 2. The molecule has 0 bridgehead atoms. The second-order valence-electron chi connectivity index (χ2n) is 4.45. The standard InChI is InChI=1S/C13H20N6O/c1-4-14-10-8-19-7-6-16-12(19)13(17-10)18(3)9-11(20)15-5-2/h6-8,14H,4-5,9H2,1-3H3,(H,15,20). The van der Waals surface area contributed by atoms with Gasteiger partial charge in [0.25, 0.3) is 0 Å². The fraction of sp³-hybridized carbons (Fsp3) is 0.462. The monoisotopic (exact) mass is 276 g/mol. The highest BCUT2D eigenvalue weighted by Crippen LogP contribution is 2.19. The number of amides is 1. The number of nitrogens with one attached hydrogen (secondary N) is 2. The summed E-state index contributed by atoms with van der Waals surface area (Å²) in [6.45, 7) is 5.56. The molecular formula is C13H20N6O. The number of nitrogens with zero attached hydrogens (tertiary/aromatic N) is 4. The fourth-order valence-electron chi connectivity index (χ4n) is 1.98. The molecule has 1 amide bonds. The van der Waals surface area contributed by atoms with E-state index in [9.17, 15) is 4.79 Å². The van der Waals surface area contributed by atoms with E-state index in [1.54, 1.807) is 11.1 Å². The van der Waals surface area contributed by atoms with Gasteiger partial charge in [-0.1, -0.05) is 0 Å². The molecule has 7 nitrogen and oxygen atoms in total. The summed E-state index contributed by atoms with van der Waals surface area (Å²) in [7, 11) is 1.84. The summed E-state index contributed by atoms with van der Waals surface area (Å²) in [6, 6.07) is 0. The first-order valence-corrected chi connectivity index (χ1v) is 6.71. The van der Waals surface area contributed by atoms with Gasteiger partial charge < -0.3 is 19.9 Å². The number of rotatable bonds is 6.